The summed E-state index contributed by atoms with van der Waals surface area (Å²) in [5, 5.41) is 0. The number of hydrogen-bond donors (Lipinski definition) is 1. The molecule has 0 saturated carbocycles. The van der Waals surface area contributed by atoms with Gasteiger partial charge < -0.3 is 5.73 Å². The van der Waals surface area contributed by atoms with Crippen molar-refractivity contribution in [2.45, 2.75) is 19.1 Å². The van der Waals surface area contributed by atoms with Gasteiger partial charge in [0.15, 0.2) is 0 Å². The van der Waals surface area contributed by atoms with Crippen molar-refractivity contribution >= 4 is 17.5 Å². The van der Waals surface area contributed by atoms with Crippen molar-refractivity contribution < 1.29 is 22.8 Å². The summed E-state index contributed by atoms with van der Waals surface area (Å²) in [5.41, 5.74) is 7.51. The highest BCUT2D eigenvalue weighted by molar-refractivity contribution is 6.21. The van der Waals surface area contributed by atoms with Crippen LogP contribution in [-0.2, 0) is 6.18 Å². The summed E-state index contributed by atoms with van der Waals surface area (Å²) >= 11 is 0. The number of benzene rings is 3. The van der Waals surface area contributed by atoms with Gasteiger partial charge in [-0.2, -0.15) is 13.2 Å². The number of halogens is 3. The molecule has 2 amide bonds. The van der Waals surface area contributed by atoms with Crippen LogP contribution in [0.1, 0.15) is 44.8 Å². The lowest BCUT2D eigenvalue weighted by Gasteiger charge is -2.23. The second kappa shape index (κ2) is 7.02. The van der Waals surface area contributed by atoms with Crippen LogP contribution in [0.4, 0.5) is 18.9 Å². The van der Waals surface area contributed by atoms with Crippen LogP contribution in [0.2, 0.25) is 0 Å². The lowest BCUT2D eigenvalue weighted by atomic mass is 9.98. The fourth-order valence-corrected chi connectivity index (χ4v) is 3.63. The lowest BCUT2D eigenvalue weighted by Crippen LogP contribution is -2.32. The van der Waals surface area contributed by atoms with E-state index in [9.17, 15) is 22.8 Å². The summed E-state index contributed by atoms with van der Waals surface area (Å²) in [5.74, 6) is -0.733. The minimum Gasteiger partial charge on any atom is -0.398 e. The standard InChI is InChI=1S/C23H17F3N2O2/c1-13(28-21(29)17-4-2-3-5-18(17)22(28)30)14-6-8-15(9-7-14)19-12-16(23(24,25)26)10-11-20(19)27/h2-13H,27H2,1H3/t13-/m1/s1. The van der Waals surface area contributed by atoms with Gasteiger partial charge in [0.25, 0.3) is 11.8 Å². The first-order chi connectivity index (χ1) is 14.2. The van der Waals surface area contributed by atoms with E-state index >= 15 is 0 Å². The van der Waals surface area contributed by atoms with Gasteiger partial charge in [0.1, 0.15) is 0 Å². The van der Waals surface area contributed by atoms with Gasteiger partial charge >= 0.3 is 6.18 Å². The Kier molecular flexibility index (Phi) is 4.61. The molecule has 30 heavy (non-hydrogen) atoms. The van der Waals surface area contributed by atoms with Crippen molar-refractivity contribution in [3.05, 3.63) is 89.0 Å². The van der Waals surface area contributed by atoms with E-state index in [1.165, 1.54) is 11.0 Å². The second-order valence-electron chi connectivity index (χ2n) is 7.12. The summed E-state index contributed by atoms with van der Waals surface area (Å²) in [4.78, 5) is 26.5. The van der Waals surface area contributed by atoms with E-state index < -0.39 is 17.8 Å². The van der Waals surface area contributed by atoms with Crippen molar-refractivity contribution in [3.63, 3.8) is 0 Å². The Bertz CT molecular complexity index is 1120. The van der Waals surface area contributed by atoms with Gasteiger partial charge in [0.05, 0.1) is 22.7 Å². The number of carbonyl (C=O) groups excluding carboxylic acids is 2. The number of nitrogens with zero attached hydrogens (tertiary/aromatic N) is 1. The van der Waals surface area contributed by atoms with Gasteiger partial charge in [-0.15, -0.1) is 0 Å². The molecule has 3 aromatic carbocycles. The Balaban J connectivity index is 1.64. The van der Waals surface area contributed by atoms with Crippen molar-refractivity contribution in [2.75, 3.05) is 5.73 Å². The molecular weight excluding hydrogens is 393 g/mol. The highest BCUT2D eigenvalue weighted by atomic mass is 19.4. The largest absolute Gasteiger partial charge is 0.416 e. The SMILES string of the molecule is C[C@H](c1ccc(-c2cc(C(F)(F)F)ccc2N)cc1)N1C(=O)c2ccccc2C1=O. The monoisotopic (exact) mass is 410 g/mol. The van der Waals surface area contributed by atoms with Gasteiger partial charge in [-0.25, -0.2) is 0 Å². The fraction of sp³-hybridized carbons (Fsp3) is 0.130. The molecule has 0 spiro atoms. The molecule has 1 atom stereocenters. The summed E-state index contributed by atoms with van der Waals surface area (Å²) in [6, 6.07) is 15.9. The van der Waals surface area contributed by atoms with Crippen LogP contribution in [0.15, 0.2) is 66.7 Å². The zero-order valence-corrected chi connectivity index (χ0v) is 15.9. The number of imide groups is 1. The van der Waals surface area contributed by atoms with Crippen molar-refractivity contribution in [1.82, 2.24) is 4.90 Å². The van der Waals surface area contributed by atoms with Crippen LogP contribution in [0.5, 0.6) is 0 Å². The first kappa shape index (κ1) is 19.7. The number of anilines is 1. The van der Waals surface area contributed by atoms with Gasteiger partial charge in [-0.05, 0) is 48.4 Å². The minimum absolute atomic E-state index is 0.226. The Labute approximate surface area is 170 Å². The first-order valence-electron chi connectivity index (χ1n) is 9.22. The number of carbonyl (C=O) groups is 2. The molecule has 7 heteroatoms. The third-order valence-corrected chi connectivity index (χ3v) is 5.30. The molecule has 0 saturated heterocycles. The topological polar surface area (TPSA) is 63.4 Å². The number of fused-ring (bicyclic) bond motifs is 1. The van der Waals surface area contributed by atoms with E-state index in [0.29, 0.717) is 22.3 Å². The Morgan fingerprint density at radius 3 is 1.93 bits per heavy atom. The molecule has 1 aliphatic rings. The van der Waals surface area contributed by atoms with E-state index in [1.54, 1.807) is 55.5 Å². The molecule has 4 rings (SSSR count). The van der Waals surface area contributed by atoms with Crippen LogP contribution in [0, 0.1) is 0 Å². The van der Waals surface area contributed by atoms with Crippen LogP contribution < -0.4 is 5.73 Å². The number of rotatable bonds is 3. The predicted molar refractivity (Wildman–Crippen MR) is 107 cm³/mol. The van der Waals surface area contributed by atoms with Crippen molar-refractivity contribution in [2.24, 2.45) is 0 Å². The minimum atomic E-state index is -4.47. The number of nitrogens with two attached hydrogens (primary N) is 1. The zero-order chi connectivity index (χ0) is 21.6. The van der Waals surface area contributed by atoms with E-state index in [4.69, 9.17) is 5.73 Å². The number of nitrogen functional groups attached to an aromatic ring is 1. The molecule has 0 aliphatic carbocycles. The molecule has 1 heterocycles. The number of alkyl halides is 3. The van der Waals surface area contributed by atoms with Gasteiger partial charge in [-0.3, -0.25) is 14.5 Å². The molecule has 3 aromatic rings. The average molecular weight is 410 g/mol. The highest BCUT2D eigenvalue weighted by Crippen LogP contribution is 2.36. The normalized spacial score (nSPS) is 14.7. The van der Waals surface area contributed by atoms with Crippen LogP contribution in [-0.4, -0.2) is 16.7 Å². The van der Waals surface area contributed by atoms with Crippen LogP contribution >= 0.6 is 0 Å². The molecule has 0 fully saturated rings. The Hall–Kier alpha value is -3.61. The van der Waals surface area contributed by atoms with E-state index in [1.807, 2.05) is 0 Å². The van der Waals surface area contributed by atoms with Gasteiger partial charge in [0, 0.05) is 11.3 Å². The van der Waals surface area contributed by atoms with Crippen LogP contribution in [0.25, 0.3) is 11.1 Å². The Morgan fingerprint density at radius 1 is 0.833 bits per heavy atom. The molecule has 4 nitrogen and oxygen atoms in total. The van der Waals surface area contributed by atoms with Crippen molar-refractivity contribution in [3.8, 4) is 11.1 Å². The third kappa shape index (κ3) is 3.22. The maximum absolute atomic E-state index is 13.0. The molecule has 1 aliphatic heterocycles. The molecule has 0 unspecified atom stereocenters. The fourth-order valence-electron chi connectivity index (χ4n) is 3.63. The lowest BCUT2D eigenvalue weighted by molar-refractivity contribution is -0.137. The third-order valence-electron chi connectivity index (χ3n) is 5.30. The number of hydrogen-bond acceptors (Lipinski definition) is 3. The van der Waals surface area contributed by atoms with E-state index in [2.05, 4.69) is 0 Å². The van der Waals surface area contributed by atoms with Crippen molar-refractivity contribution in [1.29, 1.82) is 0 Å². The van der Waals surface area contributed by atoms with Gasteiger partial charge in [0.2, 0.25) is 0 Å². The Morgan fingerprint density at radius 2 is 1.40 bits per heavy atom. The molecule has 2 N–H and O–H groups in total. The summed E-state index contributed by atoms with van der Waals surface area (Å²) in [6.45, 7) is 1.73. The summed E-state index contributed by atoms with van der Waals surface area (Å²) < 4.78 is 39.1. The average Bonchev–Trinajstić information content (AvgIpc) is 2.98. The highest BCUT2D eigenvalue weighted by Gasteiger charge is 2.38. The van der Waals surface area contributed by atoms with E-state index in [-0.39, 0.29) is 23.1 Å². The second-order valence-corrected chi connectivity index (χ2v) is 7.12. The maximum Gasteiger partial charge on any atom is 0.416 e. The molecule has 0 radical (unpaired) electrons. The molecular formula is C23H17F3N2O2. The van der Waals surface area contributed by atoms with Crippen LogP contribution in [0.3, 0.4) is 0 Å². The molecule has 0 bridgehead atoms. The quantitative estimate of drug-likeness (QED) is 0.470. The molecule has 152 valence electrons. The maximum atomic E-state index is 13.0. The summed E-state index contributed by atoms with van der Waals surface area (Å²) in [7, 11) is 0. The summed E-state index contributed by atoms with van der Waals surface area (Å²) in [6.07, 6.45) is -4.47. The van der Waals surface area contributed by atoms with Gasteiger partial charge in [-0.1, -0.05) is 36.4 Å². The smallest absolute Gasteiger partial charge is 0.398 e. The first-order valence-corrected chi connectivity index (χ1v) is 9.22. The predicted octanol–water partition coefficient (Wildman–Crippen LogP) is 5.31. The molecule has 0 aromatic heterocycles. The van der Waals surface area contributed by atoms with E-state index in [0.717, 1.165) is 12.1 Å². The zero-order valence-electron chi connectivity index (χ0n) is 15.9. The number of amides is 2.